The van der Waals surface area contributed by atoms with Gasteiger partial charge in [0.1, 0.15) is 0 Å². The van der Waals surface area contributed by atoms with E-state index >= 15 is 0 Å². The number of rotatable bonds is 3. The number of halogens is 3. The summed E-state index contributed by atoms with van der Waals surface area (Å²) in [6.45, 7) is 12.2. The van der Waals surface area contributed by atoms with Crippen LogP contribution < -0.4 is 5.32 Å². The molecule has 0 aromatic carbocycles. The first-order valence-corrected chi connectivity index (χ1v) is 12.1. The lowest BCUT2D eigenvalue weighted by Gasteiger charge is -2.60. The first kappa shape index (κ1) is 25.4. The van der Waals surface area contributed by atoms with E-state index in [2.05, 4.69) is 33.0 Å². The average Bonchev–Trinajstić information content (AvgIpc) is 2.61. The summed E-state index contributed by atoms with van der Waals surface area (Å²) in [4.78, 5) is 27.6. The van der Waals surface area contributed by atoms with E-state index < -0.39 is 29.5 Å². The maximum absolute atomic E-state index is 14.1. The quantitative estimate of drug-likeness (QED) is 0.602. The van der Waals surface area contributed by atoms with E-state index in [9.17, 15) is 22.8 Å². The highest BCUT2D eigenvalue weighted by atomic mass is 19.4. The Labute approximate surface area is 191 Å². The fourth-order valence-corrected chi connectivity index (χ4v) is 7.67. The van der Waals surface area contributed by atoms with Gasteiger partial charge in [-0.25, -0.2) is 0 Å². The van der Waals surface area contributed by atoms with Gasteiger partial charge in [0.25, 0.3) is 0 Å². The number of carbonyl (C=O) groups is 2. The van der Waals surface area contributed by atoms with E-state index in [-0.39, 0.29) is 41.0 Å². The number of hydrogen-bond acceptors (Lipinski definition) is 2. The monoisotopic (exact) mass is 458 g/mol. The lowest BCUT2D eigenvalue weighted by molar-refractivity contribution is -0.221. The van der Waals surface area contributed by atoms with Crippen LogP contribution >= 0.6 is 0 Å². The molecule has 0 aromatic heterocycles. The van der Waals surface area contributed by atoms with Gasteiger partial charge in [0, 0.05) is 25.0 Å². The van der Waals surface area contributed by atoms with Crippen molar-refractivity contribution in [3.05, 3.63) is 0 Å². The van der Waals surface area contributed by atoms with E-state index in [0.29, 0.717) is 38.5 Å². The van der Waals surface area contributed by atoms with Gasteiger partial charge in [-0.1, -0.05) is 27.7 Å². The Balaban J connectivity index is 1.91. The van der Waals surface area contributed by atoms with Gasteiger partial charge in [0.15, 0.2) is 0 Å². The van der Waals surface area contributed by atoms with E-state index in [1.807, 2.05) is 25.8 Å². The van der Waals surface area contributed by atoms with Gasteiger partial charge in [0.05, 0.1) is 11.8 Å². The molecule has 1 N–H and O–H groups in total. The first-order chi connectivity index (χ1) is 14.5. The van der Waals surface area contributed by atoms with Crippen LogP contribution in [0.25, 0.3) is 0 Å². The molecule has 3 aliphatic rings. The minimum atomic E-state index is -4.39. The van der Waals surface area contributed by atoms with Crippen molar-refractivity contribution in [3.63, 3.8) is 0 Å². The number of nitrogens with one attached hydrogen (secondary N) is 1. The predicted octanol–water partition coefficient (Wildman–Crippen LogP) is 5.56. The van der Waals surface area contributed by atoms with Crippen LogP contribution in [0, 0.1) is 34.5 Å². The molecule has 2 amide bonds. The number of piperidine rings is 1. The van der Waals surface area contributed by atoms with Crippen molar-refractivity contribution < 1.29 is 22.8 Å². The van der Waals surface area contributed by atoms with Crippen molar-refractivity contribution in [3.8, 4) is 0 Å². The van der Waals surface area contributed by atoms with E-state index in [1.165, 1.54) is 0 Å². The van der Waals surface area contributed by atoms with Crippen molar-refractivity contribution >= 4 is 11.8 Å². The van der Waals surface area contributed by atoms with Gasteiger partial charge >= 0.3 is 6.18 Å². The van der Waals surface area contributed by atoms with Crippen LogP contribution in [0.1, 0.15) is 86.5 Å². The molecule has 4 nitrogen and oxygen atoms in total. The van der Waals surface area contributed by atoms with E-state index in [1.54, 1.807) is 0 Å². The third-order valence-electron chi connectivity index (χ3n) is 8.48. The Kier molecular flexibility index (Phi) is 6.49. The standard InChI is InChI=1S/C25H41F3N2O2/c1-22(2,3)14-23(4,5)29-21(32)20-15-8-11-18-24(6,13-12-19(31)30(18)7)16(15)9-10-17(20)25(26,27)28/h15-18,20H,8-14H2,1-7H3,(H,29,32)/t15?,16?,17?,18?,20?,24-/m1/s1. The molecule has 7 heteroatoms. The van der Waals surface area contributed by atoms with Crippen LogP contribution in [-0.4, -0.2) is 41.5 Å². The Hall–Kier alpha value is -1.27. The molecule has 2 saturated carbocycles. The molecule has 0 bridgehead atoms. The minimum Gasteiger partial charge on any atom is -0.351 e. The van der Waals surface area contributed by atoms with E-state index in [4.69, 9.17) is 0 Å². The zero-order chi connectivity index (χ0) is 24.3. The third kappa shape index (κ3) is 4.82. The van der Waals surface area contributed by atoms with Crippen molar-refractivity contribution in [1.29, 1.82) is 0 Å². The van der Waals surface area contributed by atoms with Crippen LogP contribution in [0.4, 0.5) is 13.2 Å². The molecular formula is C25H41F3N2O2. The summed E-state index contributed by atoms with van der Waals surface area (Å²) in [7, 11) is 1.82. The number of fused-ring (bicyclic) bond motifs is 3. The Morgan fingerprint density at radius 3 is 2.28 bits per heavy atom. The highest BCUT2D eigenvalue weighted by Gasteiger charge is 2.61. The molecule has 3 fully saturated rings. The number of amides is 2. The molecule has 1 heterocycles. The highest BCUT2D eigenvalue weighted by molar-refractivity contribution is 5.80. The van der Waals surface area contributed by atoms with Gasteiger partial charge in [-0.3, -0.25) is 9.59 Å². The molecule has 1 aliphatic heterocycles. The van der Waals surface area contributed by atoms with Gasteiger partial charge in [0.2, 0.25) is 11.8 Å². The van der Waals surface area contributed by atoms with Crippen LogP contribution in [-0.2, 0) is 9.59 Å². The molecule has 32 heavy (non-hydrogen) atoms. The summed E-state index contributed by atoms with van der Waals surface area (Å²) >= 11 is 0. The molecule has 184 valence electrons. The van der Waals surface area contributed by atoms with Crippen LogP contribution in [0.2, 0.25) is 0 Å². The second-order valence-electron chi connectivity index (χ2n) is 12.7. The summed E-state index contributed by atoms with van der Waals surface area (Å²) in [5.41, 5.74) is -0.876. The molecule has 0 spiro atoms. The van der Waals surface area contributed by atoms with Crippen molar-refractivity contribution in [2.75, 3.05) is 7.05 Å². The van der Waals surface area contributed by atoms with Crippen molar-refractivity contribution in [2.24, 2.45) is 34.5 Å². The second kappa shape index (κ2) is 8.19. The minimum absolute atomic E-state index is 0.0115. The number of hydrogen-bond donors (Lipinski definition) is 1. The number of nitrogens with zero attached hydrogens (tertiary/aromatic N) is 1. The molecule has 0 radical (unpaired) electrons. The largest absolute Gasteiger partial charge is 0.392 e. The predicted molar refractivity (Wildman–Crippen MR) is 119 cm³/mol. The fraction of sp³-hybridized carbons (Fsp3) is 0.920. The zero-order valence-electron chi connectivity index (χ0n) is 20.7. The van der Waals surface area contributed by atoms with Crippen LogP contribution in [0.3, 0.4) is 0 Å². The maximum Gasteiger partial charge on any atom is 0.392 e. The molecule has 2 aliphatic carbocycles. The van der Waals surface area contributed by atoms with Gasteiger partial charge in [-0.05, 0) is 75.0 Å². The highest BCUT2D eigenvalue weighted by Crippen LogP contribution is 2.60. The zero-order valence-corrected chi connectivity index (χ0v) is 20.7. The topological polar surface area (TPSA) is 49.4 Å². The fourth-order valence-electron chi connectivity index (χ4n) is 7.67. The van der Waals surface area contributed by atoms with Crippen LogP contribution in [0.5, 0.6) is 0 Å². The normalized spacial score (nSPS) is 36.4. The summed E-state index contributed by atoms with van der Waals surface area (Å²) < 4.78 is 42.4. The number of carbonyl (C=O) groups excluding carboxylic acids is 2. The summed E-state index contributed by atoms with van der Waals surface area (Å²) in [6.07, 6.45) is -0.893. The molecule has 6 atom stereocenters. The SMILES string of the molecule is CN1C(=O)CC[C@]2(C)C3CCC(C(F)(F)F)C(C(=O)NC(C)(C)CC(C)(C)C)C3CCC12. The number of likely N-dealkylation sites (tertiary alicyclic amines) is 1. The maximum atomic E-state index is 14.1. The lowest BCUT2D eigenvalue weighted by atomic mass is 9.49. The van der Waals surface area contributed by atoms with Gasteiger partial charge in [-0.15, -0.1) is 0 Å². The van der Waals surface area contributed by atoms with Gasteiger partial charge in [-0.2, -0.15) is 13.2 Å². The van der Waals surface area contributed by atoms with Crippen molar-refractivity contribution in [1.82, 2.24) is 10.2 Å². The number of alkyl halides is 3. The van der Waals surface area contributed by atoms with Crippen LogP contribution in [0.15, 0.2) is 0 Å². The smallest absolute Gasteiger partial charge is 0.351 e. The van der Waals surface area contributed by atoms with E-state index in [0.717, 1.165) is 0 Å². The molecule has 1 saturated heterocycles. The first-order valence-electron chi connectivity index (χ1n) is 12.1. The average molecular weight is 459 g/mol. The Morgan fingerprint density at radius 1 is 1.09 bits per heavy atom. The summed E-state index contributed by atoms with van der Waals surface area (Å²) in [5.74, 6) is -3.27. The summed E-state index contributed by atoms with van der Waals surface area (Å²) in [5, 5.41) is 3.01. The lowest BCUT2D eigenvalue weighted by Crippen LogP contribution is -2.63. The Morgan fingerprint density at radius 2 is 1.72 bits per heavy atom. The second-order valence-corrected chi connectivity index (χ2v) is 12.7. The Bertz CT molecular complexity index is 742. The van der Waals surface area contributed by atoms with Crippen molar-refractivity contribution in [2.45, 2.75) is 104 Å². The molecule has 5 unspecified atom stereocenters. The molecule has 3 rings (SSSR count). The third-order valence-corrected chi connectivity index (χ3v) is 8.48. The molecular weight excluding hydrogens is 417 g/mol. The summed E-state index contributed by atoms with van der Waals surface area (Å²) in [6, 6.07) is 0.0495. The molecule has 0 aromatic rings. The van der Waals surface area contributed by atoms with Gasteiger partial charge < -0.3 is 10.2 Å².